The largest absolute Gasteiger partial charge is 0.331 e. The Kier molecular flexibility index (Phi) is 4.74. The molecule has 0 atom stereocenters. The molecule has 1 heterocycles. The van der Waals surface area contributed by atoms with E-state index in [9.17, 15) is 14.4 Å². The predicted octanol–water partition coefficient (Wildman–Crippen LogP) is 3.24. The summed E-state index contributed by atoms with van der Waals surface area (Å²) in [5, 5.41) is 0. The molecule has 1 aliphatic rings. The fourth-order valence-electron chi connectivity index (χ4n) is 3.73. The standard InChI is InChI=1S/C21H26N2O3/c1-12(2)17-18(19(24)15-10-13(3)9-14(4)11-15)23(16-7-6-8-16)21(26)22(5)20(17)25/h9-12,16H,6-8H2,1-5H3. The molecule has 0 radical (unpaired) electrons. The lowest BCUT2D eigenvalue weighted by molar-refractivity contribution is 0.101. The van der Waals surface area contributed by atoms with Gasteiger partial charge in [-0.3, -0.25) is 18.7 Å². The maximum atomic E-state index is 13.4. The first-order chi connectivity index (χ1) is 12.2. The van der Waals surface area contributed by atoms with Gasteiger partial charge in [-0.2, -0.15) is 0 Å². The van der Waals surface area contributed by atoms with Crippen molar-refractivity contribution in [2.75, 3.05) is 0 Å². The van der Waals surface area contributed by atoms with Crippen LogP contribution in [-0.2, 0) is 7.05 Å². The molecule has 5 nitrogen and oxygen atoms in total. The second-order valence-corrected chi connectivity index (χ2v) is 7.72. The Labute approximate surface area is 153 Å². The van der Waals surface area contributed by atoms with E-state index in [1.165, 1.54) is 7.05 Å². The highest BCUT2D eigenvalue weighted by molar-refractivity contribution is 6.09. The van der Waals surface area contributed by atoms with E-state index >= 15 is 0 Å². The van der Waals surface area contributed by atoms with Crippen LogP contribution in [0.25, 0.3) is 0 Å². The first-order valence-corrected chi connectivity index (χ1v) is 9.20. The minimum Gasteiger partial charge on any atom is -0.287 e. The van der Waals surface area contributed by atoms with Crippen LogP contribution in [0.2, 0.25) is 0 Å². The molecule has 138 valence electrons. The predicted molar refractivity (Wildman–Crippen MR) is 102 cm³/mol. The van der Waals surface area contributed by atoms with E-state index in [1.54, 1.807) is 4.57 Å². The maximum absolute atomic E-state index is 13.4. The Morgan fingerprint density at radius 2 is 1.65 bits per heavy atom. The monoisotopic (exact) mass is 354 g/mol. The molecule has 5 heteroatoms. The van der Waals surface area contributed by atoms with Gasteiger partial charge < -0.3 is 0 Å². The van der Waals surface area contributed by atoms with E-state index in [0.29, 0.717) is 11.1 Å². The number of carbonyl (C=O) groups is 1. The van der Waals surface area contributed by atoms with Crippen molar-refractivity contribution in [1.29, 1.82) is 0 Å². The topological polar surface area (TPSA) is 61.1 Å². The number of rotatable bonds is 4. The van der Waals surface area contributed by atoms with Gasteiger partial charge in [0.05, 0.1) is 0 Å². The summed E-state index contributed by atoms with van der Waals surface area (Å²) in [5.41, 5.74) is 2.46. The molecule has 0 N–H and O–H groups in total. The zero-order valence-electron chi connectivity index (χ0n) is 16.1. The first-order valence-electron chi connectivity index (χ1n) is 9.20. The first kappa shape index (κ1) is 18.4. The van der Waals surface area contributed by atoms with Gasteiger partial charge >= 0.3 is 5.69 Å². The number of aromatic nitrogens is 2. The van der Waals surface area contributed by atoms with Crippen LogP contribution in [0.5, 0.6) is 0 Å². The number of carbonyl (C=O) groups excluding carboxylic acids is 1. The highest BCUT2D eigenvalue weighted by Crippen LogP contribution is 2.33. The minimum atomic E-state index is -0.392. The van der Waals surface area contributed by atoms with Crippen molar-refractivity contribution in [3.8, 4) is 0 Å². The second kappa shape index (κ2) is 6.71. The summed E-state index contributed by atoms with van der Waals surface area (Å²) in [4.78, 5) is 39.1. The van der Waals surface area contributed by atoms with Crippen molar-refractivity contribution in [2.24, 2.45) is 7.05 Å². The fourth-order valence-corrected chi connectivity index (χ4v) is 3.73. The van der Waals surface area contributed by atoms with E-state index in [0.717, 1.165) is 35.0 Å². The van der Waals surface area contributed by atoms with Crippen LogP contribution < -0.4 is 11.2 Å². The van der Waals surface area contributed by atoms with Crippen molar-refractivity contribution in [2.45, 2.75) is 58.9 Å². The van der Waals surface area contributed by atoms with Crippen LogP contribution in [0.1, 0.15) is 77.8 Å². The molecule has 1 fully saturated rings. The van der Waals surface area contributed by atoms with E-state index in [1.807, 2.05) is 45.9 Å². The number of hydrogen-bond donors (Lipinski definition) is 0. The Hall–Kier alpha value is -2.43. The zero-order chi connectivity index (χ0) is 19.2. The zero-order valence-corrected chi connectivity index (χ0v) is 16.1. The normalized spacial score (nSPS) is 14.5. The van der Waals surface area contributed by atoms with Crippen LogP contribution >= 0.6 is 0 Å². The van der Waals surface area contributed by atoms with Gasteiger partial charge in [-0.05, 0) is 51.2 Å². The molecular formula is C21H26N2O3. The van der Waals surface area contributed by atoms with Crippen molar-refractivity contribution in [3.05, 3.63) is 67.0 Å². The molecule has 26 heavy (non-hydrogen) atoms. The van der Waals surface area contributed by atoms with Crippen molar-refractivity contribution >= 4 is 5.78 Å². The SMILES string of the molecule is Cc1cc(C)cc(C(=O)c2c(C(C)C)c(=O)n(C)c(=O)n2C2CCC2)c1. The summed E-state index contributed by atoms with van der Waals surface area (Å²) in [6.45, 7) is 7.67. The molecule has 0 bridgehead atoms. The number of hydrogen-bond acceptors (Lipinski definition) is 3. The van der Waals surface area contributed by atoms with Crippen molar-refractivity contribution in [1.82, 2.24) is 9.13 Å². The van der Waals surface area contributed by atoms with Gasteiger partial charge in [-0.25, -0.2) is 4.79 Å². The lowest BCUT2D eigenvalue weighted by atomic mass is 9.90. The lowest BCUT2D eigenvalue weighted by Gasteiger charge is -2.31. The molecule has 0 unspecified atom stereocenters. The number of nitrogens with zero attached hydrogens (tertiary/aromatic N) is 2. The molecule has 1 saturated carbocycles. The summed E-state index contributed by atoms with van der Waals surface area (Å²) in [6.07, 6.45) is 2.76. The van der Waals surface area contributed by atoms with E-state index < -0.39 is 5.69 Å². The third-order valence-electron chi connectivity index (χ3n) is 5.24. The maximum Gasteiger partial charge on any atom is 0.331 e. The molecule has 0 spiro atoms. The molecule has 1 aliphatic carbocycles. The minimum absolute atomic E-state index is 0.00310. The molecule has 1 aromatic heterocycles. The third kappa shape index (κ3) is 2.96. The molecule has 3 rings (SSSR count). The van der Waals surface area contributed by atoms with Crippen LogP contribution in [0.4, 0.5) is 0 Å². The van der Waals surface area contributed by atoms with Gasteiger partial charge in [0.25, 0.3) is 5.56 Å². The van der Waals surface area contributed by atoms with Crippen LogP contribution in [0, 0.1) is 13.8 Å². The number of ketones is 1. The smallest absolute Gasteiger partial charge is 0.287 e. The van der Waals surface area contributed by atoms with Crippen LogP contribution in [-0.4, -0.2) is 14.9 Å². The summed E-state index contributed by atoms with van der Waals surface area (Å²) in [5.74, 6) is -0.382. The average molecular weight is 354 g/mol. The Morgan fingerprint density at radius 1 is 1.08 bits per heavy atom. The van der Waals surface area contributed by atoms with Crippen molar-refractivity contribution < 1.29 is 4.79 Å². The van der Waals surface area contributed by atoms with Gasteiger partial charge in [-0.1, -0.05) is 31.0 Å². The quantitative estimate of drug-likeness (QED) is 0.792. The van der Waals surface area contributed by atoms with Crippen LogP contribution in [0.15, 0.2) is 27.8 Å². The van der Waals surface area contributed by atoms with Gasteiger partial charge in [0.15, 0.2) is 0 Å². The third-order valence-corrected chi connectivity index (χ3v) is 5.24. The van der Waals surface area contributed by atoms with Crippen LogP contribution in [0.3, 0.4) is 0 Å². The van der Waals surface area contributed by atoms with E-state index in [4.69, 9.17) is 0 Å². The molecule has 0 saturated heterocycles. The molecule has 2 aromatic rings. The highest BCUT2D eigenvalue weighted by atomic mass is 16.2. The van der Waals surface area contributed by atoms with E-state index in [-0.39, 0.29) is 29.0 Å². The summed E-state index contributed by atoms with van der Waals surface area (Å²) >= 11 is 0. The van der Waals surface area contributed by atoms with Gasteiger partial charge in [-0.15, -0.1) is 0 Å². The van der Waals surface area contributed by atoms with Crippen molar-refractivity contribution in [3.63, 3.8) is 0 Å². The molecule has 1 aromatic carbocycles. The van der Waals surface area contributed by atoms with E-state index in [2.05, 4.69) is 0 Å². The molecule has 0 aliphatic heterocycles. The Morgan fingerprint density at radius 3 is 2.12 bits per heavy atom. The summed E-state index contributed by atoms with van der Waals surface area (Å²) in [6, 6.07) is 5.65. The molecule has 0 amide bonds. The number of benzene rings is 1. The van der Waals surface area contributed by atoms with Gasteiger partial charge in [0.2, 0.25) is 5.78 Å². The van der Waals surface area contributed by atoms with Gasteiger partial charge in [0, 0.05) is 24.2 Å². The van der Waals surface area contributed by atoms with Gasteiger partial charge in [0.1, 0.15) is 5.69 Å². The summed E-state index contributed by atoms with van der Waals surface area (Å²) < 4.78 is 2.73. The second-order valence-electron chi connectivity index (χ2n) is 7.72. The fraction of sp³-hybridized carbons (Fsp3) is 0.476. The Bertz CT molecular complexity index is 971. The number of aryl methyl sites for hydroxylation is 2. The lowest BCUT2D eigenvalue weighted by Crippen LogP contribution is -2.46. The Balaban J connectivity index is 2.35. The highest BCUT2D eigenvalue weighted by Gasteiger charge is 2.31. The summed E-state index contributed by atoms with van der Waals surface area (Å²) in [7, 11) is 1.50. The molecular weight excluding hydrogens is 328 g/mol. The average Bonchev–Trinajstić information content (AvgIpc) is 2.51.